The molecule has 0 saturated heterocycles. The first-order valence-electron chi connectivity index (χ1n) is 5.28. The molecule has 2 rings (SSSR count). The van der Waals surface area contributed by atoms with Crippen molar-refractivity contribution in [2.45, 2.75) is 4.90 Å². The molecule has 0 heterocycles. The van der Waals surface area contributed by atoms with Crippen LogP contribution in [0.5, 0.6) is 17.2 Å². The van der Waals surface area contributed by atoms with E-state index >= 15 is 0 Å². The van der Waals surface area contributed by atoms with Crippen LogP contribution in [0.25, 0.3) is 0 Å². The molecule has 0 fully saturated rings. The normalized spacial score (nSPS) is 9.78. The van der Waals surface area contributed by atoms with E-state index in [1.54, 1.807) is 24.3 Å². The molecule has 0 unspecified atom stereocenters. The number of ether oxygens (including phenoxy) is 1. The monoisotopic (exact) mass is 257 g/mol. The van der Waals surface area contributed by atoms with Gasteiger partial charge in [0.25, 0.3) is 0 Å². The molecule has 0 saturated carbocycles. The second kappa shape index (κ2) is 5.48. The van der Waals surface area contributed by atoms with Crippen LogP contribution in [0.15, 0.2) is 47.4 Å². The predicted molar refractivity (Wildman–Crippen MR) is 71.1 cm³/mol. The molecule has 0 aliphatic rings. The molecule has 0 amide bonds. The second-order valence-corrected chi connectivity index (χ2v) is 4.39. The van der Waals surface area contributed by atoms with Crippen LogP contribution < -0.4 is 4.74 Å². The lowest BCUT2D eigenvalue weighted by Crippen LogP contribution is -1.90. The summed E-state index contributed by atoms with van der Waals surface area (Å²) in [7, 11) is 0. The Morgan fingerprint density at radius 3 is 2.67 bits per heavy atom. The summed E-state index contributed by atoms with van der Waals surface area (Å²) in [5.41, 5.74) is 0.508. The highest BCUT2D eigenvalue weighted by Crippen LogP contribution is 2.32. The maximum atomic E-state index is 9.37. The molecule has 0 bridgehead atoms. The second-order valence-electron chi connectivity index (χ2n) is 3.54. The Morgan fingerprint density at radius 2 is 2.00 bits per heavy atom. The fourth-order valence-electron chi connectivity index (χ4n) is 1.55. The van der Waals surface area contributed by atoms with Crippen LogP contribution in [0.4, 0.5) is 0 Å². The summed E-state index contributed by atoms with van der Waals surface area (Å²) in [6.07, 6.45) is 1.91. The number of nitrogens with zero attached hydrogens (tertiary/aromatic N) is 1. The zero-order valence-corrected chi connectivity index (χ0v) is 10.6. The van der Waals surface area contributed by atoms with E-state index in [9.17, 15) is 10.4 Å². The lowest BCUT2D eigenvalue weighted by atomic mass is 10.2. The van der Waals surface area contributed by atoms with Gasteiger partial charge in [-0.2, -0.15) is 5.26 Å². The SMILES string of the molecule is CSc1cccc(Oc2cccc(O)c2)c1C#N. The van der Waals surface area contributed by atoms with Crippen molar-refractivity contribution >= 4 is 11.8 Å². The molecule has 0 aliphatic heterocycles. The van der Waals surface area contributed by atoms with Crippen molar-refractivity contribution in [3.63, 3.8) is 0 Å². The molecule has 1 N–H and O–H groups in total. The van der Waals surface area contributed by atoms with Gasteiger partial charge in [0.1, 0.15) is 28.9 Å². The minimum Gasteiger partial charge on any atom is -0.508 e. The number of hydrogen-bond donors (Lipinski definition) is 1. The summed E-state index contributed by atoms with van der Waals surface area (Å²) in [6.45, 7) is 0. The van der Waals surface area contributed by atoms with Crippen LogP contribution in [0.1, 0.15) is 5.56 Å². The van der Waals surface area contributed by atoms with Crippen LogP contribution in [-0.2, 0) is 0 Å². The first-order valence-corrected chi connectivity index (χ1v) is 6.51. The smallest absolute Gasteiger partial charge is 0.146 e. The third-order valence-corrected chi connectivity index (χ3v) is 3.15. The van der Waals surface area contributed by atoms with Gasteiger partial charge in [0.2, 0.25) is 0 Å². The van der Waals surface area contributed by atoms with Gasteiger partial charge in [0.05, 0.1) is 0 Å². The van der Waals surface area contributed by atoms with Crippen LogP contribution >= 0.6 is 11.8 Å². The molecule has 90 valence electrons. The first kappa shape index (κ1) is 12.3. The molecule has 0 aromatic heterocycles. The molecule has 0 radical (unpaired) electrons. The van der Waals surface area contributed by atoms with E-state index in [2.05, 4.69) is 6.07 Å². The maximum absolute atomic E-state index is 9.37. The molecular formula is C14H11NO2S. The summed E-state index contributed by atoms with van der Waals surface area (Å²) in [5.74, 6) is 1.13. The van der Waals surface area contributed by atoms with Gasteiger partial charge in [0.15, 0.2) is 0 Å². The molecule has 0 spiro atoms. The van der Waals surface area contributed by atoms with E-state index in [1.165, 1.54) is 17.8 Å². The van der Waals surface area contributed by atoms with E-state index in [1.807, 2.05) is 18.4 Å². The number of aromatic hydroxyl groups is 1. The van der Waals surface area contributed by atoms with E-state index in [0.29, 0.717) is 17.1 Å². The summed E-state index contributed by atoms with van der Waals surface area (Å²) < 4.78 is 5.63. The Bertz CT molecular complexity index is 605. The van der Waals surface area contributed by atoms with Crippen molar-refractivity contribution in [2.75, 3.05) is 6.26 Å². The molecule has 3 nitrogen and oxygen atoms in total. The standard InChI is InChI=1S/C14H11NO2S/c1-18-14-7-3-6-13(12(14)9-15)17-11-5-2-4-10(16)8-11/h2-8,16H,1H3. The van der Waals surface area contributed by atoms with Crippen LogP contribution in [0, 0.1) is 11.3 Å². The Balaban J connectivity index is 2.38. The van der Waals surface area contributed by atoms with Gasteiger partial charge in [-0.05, 0) is 30.5 Å². The van der Waals surface area contributed by atoms with Crippen molar-refractivity contribution in [2.24, 2.45) is 0 Å². The van der Waals surface area contributed by atoms with Crippen molar-refractivity contribution in [1.29, 1.82) is 5.26 Å². The molecular weight excluding hydrogens is 246 g/mol. The Morgan fingerprint density at radius 1 is 1.22 bits per heavy atom. The van der Waals surface area contributed by atoms with Crippen LogP contribution in [0.2, 0.25) is 0 Å². The lowest BCUT2D eigenvalue weighted by Gasteiger charge is -2.09. The topological polar surface area (TPSA) is 53.2 Å². The average Bonchev–Trinajstić information content (AvgIpc) is 2.38. The van der Waals surface area contributed by atoms with Gasteiger partial charge in [-0.3, -0.25) is 0 Å². The van der Waals surface area contributed by atoms with Gasteiger partial charge in [-0.1, -0.05) is 12.1 Å². The summed E-state index contributed by atoms with van der Waals surface area (Å²) >= 11 is 1.50. The molecule has 2 aromatic rings. The van der Waals surface area contributed by atoms with E-state index < -0.39 is 0 Å². The fourth-order valence-corrected chi connectivity index (χ4v) is 2.12. The maximum Gasteiger partial charge on any atom is 0.146 e. The molecule has 18 heavy (non-hydrogen) atoms. The number of phenolic OH excluding ortho intramolecular Hbond substituents is 1. The summed E-state index contributed by atoms with van der Waals surface area (Å²) in [6, 6.07) is 14.1. The number of hydrogen-bond acceptors (Lipinski definition) is 4. The first-order chi connectivity index (χ1) is 8.74. The minimum absolute atomic E-state index is 0.132. The Labute approximate surface area is 110 Å². The zero-order valence-electron chi connectivity index (χ0n) is 9.75. The van der Waals surface area contributed by atoms with Crippen LogP contribution in [0.3, 0.4) is 0 Å². The molecule has 2 aromatic carbocycles. The highest BCUT2D eigenvalue weighted by atomic mass is 32.2. The van der Waals surface area contributed by atoms with Crippen molar-refractivity contribution in [3.05, 3.63) is 48.0 Å². The number of benzene rings is 2. The van der Waals surface area contributed by atoms with Gasteiger partial charge in [-0.15, -0.1) is 11.8 Å². The van der Waals surface area contributed by atoms with Gasteiger partial charge in [-0.25, -0.2) is 0 Å². The van der Waals surface area contributed by atoms with Crippen molar-refractivity contribution in [1.82, 2.24) is 0 Å². The van der Waals surface area contributed by atoms with Gasteiger partial charge < -0.3 is 9.84 Å². The number of rotatable bonds is 3. The van der Waals surface area contributed by atoms with Crippen LogP contribution in [-0.4, -0.2) is 11.4 Å². The highest BCUT2D eigenvalue weighted by molar-refractivity contribution is 7.98. The predicted octanol–water partition coefficient (Wildman–Crippen LogP) is 3.78. The number of phenols is 1. The highest BCUT2D eigenvalue weighted by Gasteiger charge is 2.09. The summed E-state index contributed by atoms with van der Waals surface area (Å²) in [5, 5.41) is 18.5. The molecule has 0 aliphatic carbocycles. The molecule has 0 atom stereocenters. The Kier molecular flexibility index (Phi) is 3.75. The third-order valence-electron chi connectivity index (χ3n) is 2.37. The third kappa shape index (κ3) is 2.58. The lowest BCUT2D eigenvalue weighted by molar-refractivity contribution is 0.454. The quantitative estimate of drug-likeness (QED) is 0.850. The molecule has 4 heteroatoms. The number of thioether (sulfide) groups is 1. The fraction of sp³-hybridized carbons (Fsp3) is 0.0714. The van der Waals surface area contributed by atoms with Gasteiger partial charge >= 0.3 is 0 Å². The van der Waals surface area contributed by atoms with Crippen molar-refractivity contribution in [3.8, 4) is 23.3 Å². The largest absolute Gasteiger partial charge is 0.508 e. The zero-order chi connectivity index (χ0) is 13.0. The summed E-state index contributed by atoms with van der Waals surface area (Å²) in [4.78, 5) is 0.871. The van der Waals surface area contributed by atoms with E-state index in [-0.39, 0.29) is 5.75 Å². The minimum atomic E-state index is 0.132. The number of nitriles is 1. The Hall–Kier alpha value is -2.12. The van der Waals surface area contributed by atoms with Crippen molar-refractivity contribution < 1.29 is 9.84 Å². The van der Waals surface area contributed by atoms with E-state index in [0.717, 1.165) is 4.90 Å². The average molecular weight is 257 g/mol. The van der Waals surface area contributed by atoms with Gasteiger partial charge in [0, 0.05) is 11.0 Å². The van der Waals surface area contributed by atoms with E-state index in [4.69, 9.17) is 4.74 Å².